The van der Waals surface area contributed by atoms with Crippen molar-refractivity contribution < 1.29 is 14.7 Å². The first-order chi connectivity index (χ1) is 9.47. The number of hydrogen-bond donors (Lipinski definition) is 2. The number of carbonyl (C=O) groups excluding carboxylic acids is 1. The summed E-state index contributed by atoms with van der Waals surface area (Å²) in [6.45, 7) is 0.352. The van der Waals surface area contributed by atoms with Crippen LogP contribution < -0.4 is 5.32 Å². The molecule has 1 saturated heterocycles. The minimum atomic E-state index is -0.852. The summed E-state index contributed by atoms with van der Waals surface area (Å²) >= 11 is 12.9. The van der Waals surface area contributed by atoms with E-state index in [1.807, 2.05) is 0 Å². The van der Waals surface area contributed by atoms with Gasteiger partial charge in [0.25, 0.3) is 0 Å². The molecule has 4 nitrogen and oxygen atoms in total. The largest absolute Gasteiger partial charge is 0.480 e. The predicted octanol–water partition coefficient (Wildman–Crippen LogP) is 2.96. The van der Waals surface area contributed by atoms with Crippen molar-refractivity contribution in [1.82, 2.24) is 5.32 Å². The van der Waals surface area contributed by atoms with Crippen molar-refractivity contribution in [2.24, 2.45) is 0 Å². The summed E-state index contributed by atoms with van der Waals surface area (Å²) in [6, 6.07) is 5.17. The third-order valence-electron chi connectivity index (χ3n) is 3.04. The lowest BCUT2D eigenvalue weighted by Gasteiger charge is -2.11. The van der Waals surface area contributed by atoms with Crippen LogP contribution >= 0.6 is 35.0 Å². The molecule has 1 amide bonds. The topological polar surface area (TPSA) is 66.4 Å². The molecule has 2 atom stereocenters. The second-order valence-electron chi connectivity index (χ2n) is 4.50. The number of hydrogen-bond acceptors (Lipinski definition) is 3. The third-order valence-corrected chi connectivity index (χ3v) is 5.32. The van der Waals surface area contributed by atoms with Crippen molar-refractivity contribution >= 4 is 46.8 Å². The molecule has 1 aromatic rings. The van der Waals surface area contributed by atoms with E-state index in [-0.39, 0.29) is 11.2 Å². The van der Waals surface area contributed by atoms with E-state index in [9.17, 15) is 9.59 Å². The molecule has 0 saturated carbocycles. The van der Waals surface area contributed by atoms with Crippen molar-refractivity contribution in [2.75, 3.05) is 0 Å². The lowest BCUT2D eigenvalue weighted by atomic mass is 10.2. The van der Waals surface area contributed by atoms with Gasteiger partial charge in [0.05, 0.1) is 15.3 Å². The summed E-state index contributed by atoms with van der Waals surface area (Å²) in [6.07, 6.45) is 1.12. The van der Waals surface area contributed by atoms with E-state index in [2.05, 4.69) is 5.32 Å². The van der Waals surface area contributed by atoms with Gasteiger partial charge in [0.2, 0.25) is 5.91 Å². The van der Waals surface area contributed by atoms with Gasteiger partial charge in [0.15, 0.2) is 0 Å². The van der Waals surface area contributed by atoms with Crippen LogP contribution in [0.1, 0.15) is 18.4 Å². The Morgan fingerprint density at radius 1 is 1.25 bits per heavy atom. The Morgan fingerprint density at radius 2 is 1.95 bits per heavy atom. The molecule has 20 heavy (non-hydrogen) atoms. The zero-order valence-electron chi connectivity index (χ0n) is 10.4. The molecular formula is C13H13Cl2NO3S. The van der Waals surface area contributed by atoms with Crippen molar-refractivity contribution in [3.8, 4) is 0 Å². The molecule has 1 aliphatic rings. The van der Waals surface area contributed by atoms with E-state index in [4.69, 9.17) is 28.3 Å². The van der Waals surface area contributed by atoms with Gasteiger partial charge < -0.3 is 10.4 Å². The van der Waals surface area contributed by atoms with E-state index in [1.165, 1.54) is 11.8 Å². The number of thioether (sulfide) groups is 1. The van der Waals surface area contributed by atoms with Crippen LogP contribution in [0.25, 0.3) is 0 Å². The van der Waals surface area contributed by atoms with Crippen LogP contribution in [0.15, 0.2) is 18.2 Å². The third kappa shape index (κ3) is 3.81. The first kappa shape index (κ1) is 15.5. The zero-order valence-corrected chi connectivity index (χ0v) is 12.8. The van der Waals surface area contributed by atoms with E-state index in [0.29, 0.717) is 29.4 Å². The fourth-order valence-corrected chi connectivity index (χ4v) is 3.55. The number of carbonyl (C=O) groups is 2. The number of carboxylic acids is 1. The normalized spacial score (nSPS) is 21.7. The van der Waals surface area contributed by atoms with E-state index in [0.717, 1.165) is 5.56 Å². The molecule has 0 aromatic heterocycles. The van der Waals surface area contributed by atoms with Gasteiger partial charge in [-0.2, -0.15) is 0 Å². The highest BCUT2D eigenvalue weighted by molar-refractivity contribution is 8.02. The summed E-state index contributed by atoms with van der Waals surface area (Å²) in [5.41, 5.74) is 0.852. The number of rotatable bonds is 4. The maximum absolute atomic E-state index is 12.0. The second-order valence-corrected chi connectivity index (χ2v) is 6.72. The predicted molar refractivity (Wildman–Crippen MR) is 80.3 cm³/mol. The number of amides is 1. The smallest absolute Gasteiger partial charge is 0.316 e. The molecule has 1 aliphatic heterocycles. The van der Waals surface area contributed by atoms with Gasteiger partial charge in [0, 0.05) is 6.54 Å². The van der Waals surface area contributed by atoms with Crippen LogP contribution in [0.2, 0.25) is 10.0 Å². The summed E-state index contributed by atoms with van der Waals surface area (Å²) in [4.78, 5) is 22.8. The molecule has 1 aromatic carbocycles. The van der Waals surface area contributed by atoms with Gasteiger partial charge >= 0.3 is 5.97 Å². The number of halogens is 2. The first-order valence-electron chi connectivity index (χ1n) is 6.07. The van der Waals surface area contributed by atoms with Crippen LogP contribution in [0.5, 0.6) is 0 Å². The number of benzene rings is 1. The average Bonchev–Trinajstić information content (AvgIpc) is 2.89. The Bertz CT molecular complexity index is 538. The molecule has 2 unspecified atom stereocenters. The van der Waals surface area contributed by atoms with Crippen LogP contribution in [-0.4, -0.2) is 27.5 Å². The van der Waals surface area contributed by atoms with Crippen LogP contribution in [0.3, 0.4) is 0 Å². The highest BCUT2D eigenvalue weighted by Gasteiger charge is 2.34. The Morgan fingerprint density at radius 3 is 2.55 bits per heavy atom. The van der Waals surface area contributed by atoms with Crippen LogP contribution in [0.4, 0.5) is 0 Å². The maximum atomic E-state index is 12.0. The summed E-state index contributed by atoms with van der Waals surface area (Å²) < 4.78 is 0. The lowest BCUT2D eigenvalue weighted by molar-refractivity contribution is -0.136. The molecule has 0 aliphatic carbocycles. The Balaban J connectivity index is 1.86. The molecule has 0 spiro atoms. The highest BCUT2D eigenvalue weighted by Crippen LogP contribution is 2.34. The van der Waals surface area contributed by atoms with Gasteiger partial charge in [0.1, 0.15) is 5.25 Å². The Kier molecular flexibility index (Phi) is 5.18. The molecule has 1 heterocycles. The second kappa shape index (κ2) is 6.70. The fraction of sp³-hybridized carbons (Fsp3) is 0.385. The van der Waals surface area contributed by atoms with Gasteiger partial charge in [-0.15, -0.1) is 11.8 Å². The van der Waals surface area contributed by atoms with Crippen molar-refractivity contribution in [3.05, 3.63) is 33.8 Å². The Hall–Kier alpha value is -0.910. The SMILES string of the molecule is O=C(O)C1CCC(C(=O)NCc2ccc(Cl)c(Cl)c2)S1. The number of nitrogens with one attached hydrogen (secondary N) is 1. The standard InChI is InChI=1S/C13H13Cl2NO3S/c14-8-2-1-7(5-9(8)15)6-16-12(17)10-3-4-11(20-10)13(18)19/h1-2,5,10-11H,3-4,6H2,(H,16,17)(H,18,19). The molecule has 1 fully saturated rings. The van der Waals surface area contributed by atoms with Gasteiger partial charge in [-0.25, -0.2) is 0 Å². The summed E-state index contributed by atoms with van der Waals surface area (Å²) in [5, 5.41) is 11.8. The zero-order chi connectivity index (χ0) is 14.7. The number of carboxylic acid groups (broad SMARTS) is 1. The van der Waals surface area contributed by atoms with Gasteiger partial charge in [-0.05, 0) is 30.5 Å². The van der Waals surface area contributed by atoms with E-state index in [1.54, 1.807) is 18.2 Å². The first-order valence-corrected chi connectivity index (χ1v) is 7.77. The van der Waals surface area contributed by atoms with Crippen molar-refractivity contribution in [1.29, 1.82) is 0 Å². The molecular weight excluding hydrogens is 321 g/mol. The van der Waals surface area contributed by atoms with Gasteiger partial charge in [-0.3, -0.25) is 9.59 Å². The minimum Gasteiger partial charge on any atom is -0.480 e. The average molecular weight is 334 g/mol. The minimum absolute atomic E-state index is 0.134. The molecule has 2 N–H and O–H groups in total. The summed E-state index contributed by atoms with van der Waals surface area (Å²) in [5.74, 6) is -0.986. The quantitative estimate of drug-likeness (QED) is 0.888. The van der Waals surface area contributed by atoms with E-state index >= 15 is 0 Å². The van der Waals surface area contributed by atoms with Crippen molar-refractivity contribution in [3.63, 3.8) is 0 Å². The number of aliphatic carboxylic acids is 1. The van der Waals surface area contributed by atoms with Crippen molar-refractivity contribution in [2.45, 2.75) is 29.9 Å². The van der Waals surface area contributed by atoms with Crippen LogP contribution in [-0.2, 0) is 16.1 Å². The van der Waals surface area contributed by atoms with Crippen LogP contribution in [0, 0.1) is 0 Å². The monoisotopic (exact) mass is 333 g/mol. The van der Waals surface area contributed by atoms with Gasteiger partial charge in [-0.1, -0.05) is 29.3 Å². The molecule has 0 radical (unpaired) electrons. The Labute approximate surface area is 130 Å². The maximum Gasteiger partial charge on any atom is 0.316 e. The molecule has 108 valence electrons. The lowest BCUT2D eigenvalue weighted by Crippen LogP contribution is -2.31. The molecule has 7 heteroatoms. The fourth-order valence-electron chi connectivity index (χ4n) is 1.96. The molecule has 2 rings (SSSR count). The van der Waals surface area contributed by atoms with E-state index < -0.39 is 11.2 Å². The highest BCUT2D eigenvalue weighted by atomic mass is 35.5. The summed E-state index contributed by atoms with van der Waals surface area (Å²) in [7, 11) is 0. The molecule has 0 bridgehead atoms.